The smallest absolute Gasteiger partial charge is 0.178 e. The van der Waals surface area contributed by atoms with Gasteiger partial charge < -0.3 is 4.98 Å². The molecule has 2 heterocycles. The average Bonchev–Trinajstić information content (AvgIpc) is 2.96. The molecule has 6 nitrogen and oxygen atoms in total. The summed E-state index contributed by atoms with van der Waals surface area (Å²) in [6, 6.07) is 6.60. The van der Waals surface area contributed by atoms with Crippen molar-refractivity contribution in [1.82, 2.24) is 20.4 Å². The van der Waals surface area contributed by atoms with Crippen LogP contribution >= 0.6 is 23.2 Å². The van der Waals surface area contributed by atoms with Crippen LogP contribution in [0, 0.1) is 0 Å². The first-order chi connectivity index (χ1) is 10.2. The van der Waals surface area contributed by atoms with Gasteiger partial charge in [-0.05, 0) is 24.3 Å². The lowest BCUT2D eigenvalue weighted by Crippen LogP contribution is -2.20. The van der Waals surface area contributed by atoms with E-state index in [1.165, 1.54) is 6.33 Å². The van der Waals surface area contributed by atoms with Crippen molar-refractivity contribution in [1.29, 1.82) is 0 Å². The van der Waals surface area contributed by atoms with E-state index in [1.807, 2.05) is 0 Å². The summed E-state index contributed by atoms with van der Waals surface area (Å²) >= 11 is 12.0. The van der Waals surface area contributed by atoms with Crippen molar-refractivity contribution in [3.8, 4) is 0 Å². The number of halogens is 2. The second-order valence-corrected chi connectivity index (χ2v) is 4.97. The van der Waals surface area contributed by atoms with Gasteiger partial charge in [0.1, 0.15) is 0 Å². The molecule has 0 aliphatic rings. The highest BCUT2D eigenvalue weighted by Crippen LogP contribution is 2.29. The lowest BCUT2D eigenvalue weighted by Gasteiger charge is -2.07. The molecule has 3 N–H and O–H groups in total. The van der Waals surface area contributed by atoms with Gasteiger partial charge in [0.15, 0.2) is 11.5 Å². The maximum Gasteiger partial charge on any atom is 0.178 e. The Morgan fingerprint density at radius 1 is 1.24 bits per heavy atom. The number of rotatable bonds is 2. The van der Waals surface area contributed by atoms with Crippen LogP contribution in [-0.4, -0.2) is 26.0 Å². The van der Waals surface area contributed by atoms with Crippen LogP contribution in [0.3, 0.4) is 0 Å². The number of amidine groups is 1. The predicted octanol–water partition coefficient (Wildman–Crippen LogP) is 3.32. The molecule has 8 heteroatoms. The number of aliphatic imine (C=N–C) groups is 1. The number of pyridine rings is 1. The summed E-state index contributed by atoms with van der Waals surface area (Å²) in [6.07, 6.45) is 3.09. The number of hydroxylamine groups is 1. The van der Waals surface area contributed by atoms with Gasteiger partial charge in [-0.1, -0.05) is 23.2 Å². The zero-order valence-electron chi connectivity index (χ0n) is 10.5. The highest BCUT2D eigenvalue weighted by Gasteiger charge is 2.11. The minimum Gasteiger partial charge on any atom is -0.343 e. The third-order valence-corrected chi connectivity index (χ3v) is 3.38. The molecule has 2 aromatic heterocycles. The zero-order chi connectivity index (χ0) is 14.8. The first-order valence-corrected chi connectivity index (χ1v) is 6.67. The Morgan fingerprint density at radius 2 is 2.10 bits per heavy atom. The van der Waals surface area contributed by atoms with Crippen LogP contribution in [0.5, 0.6) is 0 Å². The quantitative estimate of drug-likeness (QED) is 0.384. The Kier molecular flexibility index (Phi) is 3.74. The number of benzene rings is 1. The first-order valence-electron chi connectivity index (χ1n) is 5.91. The first kappa shape index (κ1) is 13.8. The van der Waals surface area contributed by atoms with Crippen molar-refractivity contribution in [3.05, 3.63) is 52.4 Å². The Morgan fingerprint density at radius 3 is 2.90 bits per heavy atom. The number of hydrogen-bond acceptors (Lipinski definition) is 4. The fraction of sp³-hybridized carbons (Fsp3) is 0. The Hall–Kier alpha value is -2.15. The minimum absolute atomic E-state index is 0.204. The maximum atomic E-state index is 9.39. The van der Waals surface area contributed by atoms with Crippen LogP contribution in [0.2, 0.25) is 10.0 Å². The number of H-pyrrole nitrogens is 1. The van der Waals surface area contributed by atoms with Crippen LogP contribution in [0.1, 0.15) is 5.56 Å². The molecule has 0 saturated heterocycles. The zero-order valence-corrected chi connectivity index (χ0v) is 12.0. The molecule has 0 spiro atoms. The van der Waals surface area contributed by atoms with Gasteiger partial charge in [-0.25, -0.2) is 15.0 Å². The van der Waals surface area contributed by atoms with Gasteiger partial charge in [0.25, 0.3) is 0 Å². The summed E-state index contributed by atoms with van der Waals surface area (Å²) in [7, 11) is 0. The lowest BCUT2D eigenvalue weighted by molar-refractivity contribution is 0.235. The summed E-state index contributed by atoms with van der Waals surface area (Å²) in [6.45, 7) is 0. The Bertz CT molecular complexity index is 830. The normalized spacial score (nSPS) is 11.9. The van der Waals surface area contributed by atoms with Gasteiger partial charge in [0.05, 0.1) is 22.6 Å². The van der Waals surface area contributed by atoms with E-state index in [9.17, 15) is 5.21 Å². The number of aromatic amines is 1. The second-order valence-electron chi connectivity index (χ2n) is 4.13. The SMILES string of the molecule is ONC(=Nc1cc(Cl)ccc1Cl)c1ccnc2nc[nH]c12. The number of hydrogen-bond donors (Lipinski definition) is 3. The van der Waals surface area contributed by atoms with E-state index in [-0.39, 0.29) is 5.84 Å². The molecule has 3 rings (SSSR count). The topological polar surface area (TPSA) is 86.2 Å². The summed E-state index contributed by atoms with van der Waals surface area (Å²) in [5.74, 6) is 0.204. The third-order valence-electron chi connectivity index (χ3n) is 2.83. The molecule has 1 aromatic carbocycles. The van der Waals surface area contributed by atoms with Crippen LogP contribution in [-0.2, 0) is 0 Å². The fourth-order valence-electron chi connectivity index (χ4n) is 1.88. The molecular weight excluding hydrogens is 313 g/mol. The van der Waals surface area contributed by atoms with E-state index >= 15 is 0 Å². The minimum atomic E-state index is 0.204. The van der Waals surface area contributed by atoms with Gasteiger partial charge in [0, 0.05) is 16.8 Å². The van der Waals surface area contributed by atoms with Gasteiger partial charge in [-0.3, -0.25) is 10.7 Å². The summed E-state index contributed by atoms with van der Waals surface area (Å²) in [5.41, 5.74) is 4.28. The van der Waals surface area contributed by atoms with Crippen molar-refractivity contribution >= 4 is 45.9 Å². The van der Waals surface area contributed by atoms with E-state index in [0.29, 0.717) is 32.5 Å². The molecule has 3 aromatic rings. The van der Waals surface area contributed by atoms with Crippen LogP contribution in [0.15, 0.2) is 41.8 Å². The van der Waals surface area contributed by atoms with Crippen molar-refractivity contribution in [2.24, 2.45) is 4.99 Å². The molecule has 0 amide bonds. The Labute approximate surface area is 129 Å². The number of fused-ring (bicyclic) bond motifs is 1. The highest BCUT2D eigenvalue weighted by molar-refractivity contribution is 6.35. The molecule has 0 atom stereocenters. The van der Waals surface area contributed by atoms with E-state index < -0.39 is 0 Å². The van der Waals surface area contributed by atoms with Crippen molar-refractivity contribution in [3.63, 3.8) is 0 Å². The van der Waals surface area contributed by atoms with E-state index in [2.05, 4.69) is 25.4 Å². The predicted molar refractivity (Wildman–Crippen MR) is 81.5 cm³/mol. The van der Waals surface area contributed by atoms with Crippen LogP contribution in [0.4, 0.5) is 5.69 Å². The number of imidazole rings is 1. The number of nitrogens with one attached hydrogen (secondary N) is 2. The molecule has 106 valence electrons. The van der Waals surface area contributed by atoms with E-state index in [4.69, 9.17) is 23.2 Å². The molecular formula is C13H9Cl2N5O. The Balaban J connectivity index is 2.15. The molecule has 0 saturated carbocycles. The van der Waals surface area contributed by atoms with Gasteiger partial charge in [-0.2, -0.15) is 0 Å². The molecule has 0 unspecified atom stereocenters. The largest absolute Gasteiger partial charge is 0.343 e. The molecule has 0 bridgehead atoms. The molecule has 0 aliphatic carbocycles. The van der Waals surface area contributed by atoms with E-state index in [0.717, 1.165) is 0 Å². The molecule has 0 radical (unpaired) electrons. The van der Waals surface area contributed by atoms with Crippen molar-refractivity contribution in [2.45, 2.75) is 0 Å². The van der Waals surface area contributed by atoms with Crippen molar-refractivity contribution in [2.75, 3.05) is 0 Å². The standard InChI is InChI=1S/C13H9Cl2N5O/c14-7-1-2-9(15)10(5-7)19-12(20-21)8-3-4-16-13-11(8)17-6-18-13/h1-6,21H,(H,19,20)(H,16,17,18). The van der Waals surface area contributed by atoms with Crippen molar-refractivity contribution < 1.29 is 5.21 Å². The average molecular weight is 322 g/mol. The van der Waals surface area contributed by atoms with Gasteiger partial charge >= 0.3 is 0 Å². The van der Waals surface area contributed by atoms with Crippen LogP contribution in [0.25, 0.3) is 11.2 Å². The van der Waals surface area contributed by atoms with Crippen LogP contribution < -0.4 is 5.48 Å². The highest BCUT2D eigenvalue weighted by atomic mass is 35.5. The third kappa shape index (κ3) is 2.69. The summed E-state index contributed by atoms with van der Waals surface area (Å²) in [4.78, 5) is 15.4. The fourth-order valence-corrected chi connectivity index (χ4v) is 2.21. The monoisotopic (exact) mass is 321 g/mol. The van der Waals surface area contributed by atoms with E-state index in [1.54, 1.807) is 30.5 Å². The second kappa shape index (κ2) is 5.69. The molecule has 0 fully saturated rings. The number of nitrogens with zero attached hydrogens (tertiary/aromatic N) is 3. The summed E-state index contributed by atoms with van der Waals surface area (Å²) < 4.78 is 0. The molecule has 0 aliphatic heterocycles. The van der Waals surface area contributed by atoms with Gasteiger partial charge in [-0.15, -0.1) is 0 Å². The van der Waals surface area contributed by atoms with Gasteiger partial charge in [0.2, 0.25) is 0 Å². The number of aromatic nitrogens is 3. The maximum absolute atomic E-state index is 9.39. The lowest BCUT2D eigenvalue weighted by atomic mass is 10.2. The summed E-state index contributed by atoms with van der Waals surface area (Å²) in [5, 5.41) is 10.3. The molecule has 21 heavy (non-hydrogen) atoms.